The maximum atomic E-state index is 13.4. The van der Waals surface area contributed by atoms with E-state index in [1.807, 2.05) is 19.1 Å². The molecule has 0 spiro atoms. The number of rotatable bonds is 6. The topological polar surface area (TPSA) is 58.6 Å². The van der Waals surface area contributed by atoms with E-state index in [0.717, 1.165) is 37.9 Å². The van der Waals surface area contributed by atoms with Gasteiger partial charge in [-0.1, -0.05) is 42.0 Å². The Kier molecular flexibility index (Phi) is 6.93. The molecule has 1 amide bonds. The summed E-state index contributed by atoms with van der Waals surface area (Å²) in [6, 6.07) is 15.6. The zero-order valence-corrected chi connectivity index (χ0v) is 18.4. The average molecular weight is 409 g/mol. The predicted molar refractivity (Wildman–Crippen MR) is 118 cm³/mol. The molecule has 2 aromatic rings. The minimum atomic E-state index is -0.538. The van der Waals surface area contributed by atoms with Crippen LogP contribution in [0.4, 0.5) is 0 Å². The van der Waals surface area contributed by atoms with Crippen molar-refractivity contribution in [2.75, 3.05) is 13.7 Å². The second kappa shape index (κ2) is 9.43. The normalized spacial score (nSPS) is 20.4. The van der Waals surface area contributed by atoms with E-state index in [4.69, 9.17) is 4.74 Å². The molecule has 3 rings (SSSR count). The van der Waals surface area contributed by atoms with Gasteiger partial charge in [0, 0.05) is 6.54 Å². The Balaban J connectivity index is 1.70. The van der Waals surface area contributed by atoms with E-state index in [2.05, 4.69) is 48.3 Å². The summed E-state index contributed by atoms with van der Waals surface area (Å²) >= 11 is 0. The highest BCUT2D eigenvalue weighted by Crippen LogP contribution is 2.31. The molecule has 30 heavy (non-hydrogen) atoms. The van der Waals surface area contributed by atoms with E-state index >= 15 is 0 Å². The van der Waals surface area contributed by atoms with Crippen molar-refractivity contribution >= 4 is 11.9 Å². The number of esters is 1. The first-order valence-electron chi connectivity index (χ1n) is 10.6. The lowest BCUT2D eigenvalue weighted by atomic mass is 9.86. The molecule has 5 nitrogen and oxygen atoms in total. The number of piperidine rings is 1. The van der Waals surface area contributed by atoms with Gasteiger partial charge in [-0.05, 0) is 69.8 Å². The second-order valence-corrected chi connectivity index (χ2v) is 8.45. The zero-order chi connectivity index (χ0) is 21.7. The number of benzene rings is 2. The van der Waals surface area contributed by atoms with Gasteiger partial charge in [0.15, 0.2) is 0 Å². The van der Waals surface area contributed by atoms with Gasteiger partial charge in [-0.25, -0.2) is 4.79 Å². The van der Waals surface area contributed by atoms with Crippen molar-refractivity contribution in [3.63, 3.8) is 0 Å². The average Bonchev–Trinajstić information content (AvgIpc) is 2.76. The van der Waals surface area contributed by atoms with E-state index in [0.29, 0.717) is 5.56 Å². The molecule has 0 radical (unpaired) electrons. The lowest BCUT2D eigenvalue weighted by molar-refractivity contribution is -0.136. The highest BCUT2D eigenvalue weighted by molar-refractivity contribution is 5.89. The molecule has 0 unspecified atom stereocenters. The van der Waals surface area contributed by atoms with Crippen LogP contribution in [-0.4, -0.2) is 36.0 Å². The van der Waals surface area contributed by atoms with Crippen molar-refractivity contribution in [2.45, 2.75) is 58.2 Å². The van der Waals surface area contributed by atoms with Crippen molar-refractivity contribution < 1.29 is 14.3 Å². The Morgan fingerprint density at radius 3 is 2.40 bits per heavy atom. The summed E-state index contributed by atoms with van der Waals surface area (Å²) in [5.41, 5.74) is 3.39. The standard InChI is InChI=1S/C25H32N2O3/c1-18-7-9-20(10-8-18)17-27-16-6-5-15-25(27,3)24(29)26-19(2)21-11-13-22(14-12-21)23(28)30-4/h7-14,19H,5-6,15-17H2,1-4H3,(H,26,29)/t19-,25+/m0/s1. The van der Waals surface area contributed by atoms with Crippen LogP contribution in [0.5, 0.6) is 0 Å². The number of likely N-dealkylation sites (tertiary alicyclic amines) is 1. The van der Waals surface area contributed by atoms with Crippen LogP contribution in [0, 0.1) is 6.92 Å². The van der Waals surface area contributed by atoms with Crippen molar-refractivity contribution in [3.8, 4) is 0 Å². The van der Waals surface area contributed by atoms with Gasteiger partial charge in [-0.15, -0.1) is 0 Å². The van der Waals surface area contributed by atoms with Gasteiger partial charge in [0.1, 0.15) is 0 Å². The summed E-state index contributed by atoms with van der Waals surface area (Å²) in [7, 11) is 1.37. The molecule has 160 valence electrons. The summed E-state index contributed by atoms with van der Waals surface area (Å²) in [5, 5.41) is 3.20. The molecular weight excluding hydrogens is 376 g/mol. The van der Waals surface area contributed by atoms with Gasteiger partial charge in [0.05, 0.1) is 24.3 Å². The van der Waals surface area contributed by atoms with E-state index in [9.17, 15) is 9.59 Å². The third-order valence-corrected chi connectivity index (χ3v) is 6.20. The van der Waals surface area contributed by atoms with Gasteiger partial charge in [0.25, 0.3) is 0 Å². The first kappa shape index (κ1) is 22.0. The fraction of sp³-hybridized carbons (Fsp3) is 0.440. The number of carbonyl (C=O) groups excluding carboxylic acids is 2. The summed E-state index contributed by atoms with van der Waals surface area (Å²) < 4.78 is 4.75. The van der Waals surface area contributed by atoms with Crippen LogP contribution in [0.2, 0.25) is 0 Å². The fourth-order valence-electron chi connectivity index (χ4n) is 4.06. The lowest BCUT2D eigenvalue weighted by Crippen LogP contribution is -2.58. The zero-order valence-electron chi connectivity index (χ0n) is 18.4. The summed E-state index contributed by atoms with van der Waals surface area (Å²) in [6.45, 7) is 7.80. The third-order valence-electron chi connectivity index (χ3n) is 6.20. The van der Waals surface area contributed by atoms with E-state index in [-0.39, 0.29) is 17.9 Å². The van der Waals surface area contributed by atoms with E-state index < -0.39 is 5.54 Å². The summed E-state index contributed by atoms with van der Waals surface area (Å²) in [5.74, 6) is -0.307. The van der Waals surface area contributed by atoms with Crippen molar-refractivity contribution in [1.82, 2.24) is 10.2 Å². The summed E-state index contributed by atoms with van der Waals surface area (Å²) in [4.78, 5) is 27.3. The Labute approximate surface area is 179 Å². The van der Waals surface area contributed by atoms with Gasteiger partial charge < -0.3 is 10.1 Å². The molecule has 1 saturated heterocycles. The van der Waals surface area contributed by atoms with Crippen molar-refractivity contribution in [1.29, 1.82) is 0 Å². The summed E-state index contributed by atoms with van der Waals surface area (Å²) in [6.07, 6.45) is 3.01. The number of amides is 1. The maximum Gasteiger partial charge on any atom is 0.337 e. The number of hydrogen-bond donors (Lipinski definition) is 1. The van der Waals surface area contributed by atoms with Crippen LogP contribution >= 0.6 is 0 Å². The molecule has 0 aromatic heterocycles. The molecule has 1 fully saturated rings. The highest BCUT2D eigenvalue weighted by atomic mass is 16.5. The van der Waals surface area contributed by atoms with Crippen LogP contribution in [0.1, 0.15) is 66.2 Å². The molecule has 1 aliphatic rings. The number of nitrogens with one attached hydrogen (secondary N) is 1. The number of aryl methyl sites for hydroxylation is 1. The smallest absolute Gasteiger partial charge is 0.337 e. The number of methoxy groups -OCH3 is 1. The highest BCUT2D eigenvalue weighted by Gasteiger charge is 2.41. The van der Waals surface area contributed by atoms with Gasteiger partial charge in [0.2, 0.25) is 5.91 Å². The number of nitrogens with zero attached hydrogens (tertiary/aromatic N) is 1. The molecular formula is C25H32N2O3. The van der Waals surface area contributed by atoms with Gasteiger partial charge in [-0.2, -0.15) is 0 Å². The Bertz CT molecular complexity index is 876. The lowest BCUT2D eigenvalue weighted by Gasteiger charge is -2.44. The van der Waals surface area contributed by atoms with E-state index in [1.165, 1.54) is 18.2 Å². The van der Waals surface area contributed by atoms with Crippen LogP contribution in [0.25, 0.3) is 0 Å². The SMILES string of the molecule is COC(=O)c1ccc([C@H](C)NC(=O)[C@@]2(C)CCCCN2Cc2ccc(C)cc2)cc1. The molecule has 1 N–H and O–H groups in total. The van der Waals surface area contributed by atoms with E-state index in [1.54, 1.807) is 12.1 Å². The van der Waals surface area contributed by atoms with Gasteiger partial charge >= 0.3 is 5.97 Å². The van der Waals surface area contributed by atoms with Crippen LogP contribution in [0.3, 0.4) is 0 Å². The van der Waals surface area contributed by atoms with Gasteiger partial charge in [-0.3, -0.25) is 9.69 Å². The minimum absolute atomic E-state index is 0.0545. The molecule has 2 atom stereocenters. The molecule has 0 saturated carbocycles. The first-order chi connectivity index (χ1) is 14.3. The second-order valence-electron chi connectivity index (χ2n) is 8.45. The molecule has 1 heterocycles. The Morgan fingerprint density at radius 2 is 1.77 bits per heavy atom. The maximum absolute atomic E-state index is 13.4. The monoisotopic (exact) mass is 408 g/mol. The molecule has 2 aromatic carbocycles. The predicted octanol–water partition coefficient (Wildman–Crippen LogP) is 4.40. The van der Waals surface area contributed by atoms with Crippen LogP contribution in [-0.2, 0) is 16.1 Å². The molecule has 0 aliphatic carbocycles. The minimum Gasteiger partial charge on any atom is -0.465 e. The third kappa shape index (κ3) is 4.90. The van der Waals surface area contributed by atoms with Crippen LogP contribution in [0.15, 0.2) is 48.5 Å². The number of ether oxygens (including phenoxy) is 1. The fourth-order valence-corrected chi connectivity index (χ4v) is 4.06. The molecule has 1 aliphatic heterocycles. The molecule has 5 heteroatoms. The van der Waals surface area contributed by atoms with Crippen molar-refractivity contribution in [2.24, 2.45) is 0 Å². The van der Waals surface area contributed by atoms with Crippen molar-refractivity contribution in [3.05, 3.63) is 70.8 Å². The largest absolute Gasteiger partial charge is 0.465 e. The number of hydrogen-bond acceptors (Lipinski definition) is 4. The molecule has 0 bridgehead atoms. The first-order valence-corrected chi connectivity index (χ1v) is 10.6. The Hall–Kier alpha value is -2.66. The Morgan fingerprint density at radius 1 is 1.10 bits per heavy atom. The van der Waals surface area contributed by atoms with Crippen LogP contribution < -0.4 is 5.32 Å². The quantitative estimate of drug-likeness (QED) is 0.720. The number of carbonyl (C=O) groups is 2.